The molecular formula is C5H9F6NO3S. The normalized spacial score (nSPS) is 15.4. The lowest BCUT2D eigenvalue weighted by Crippen LogP contribution is -2.39. The Morgan fingerprint density at radius 3 is 1.75 bits per heavy atom. The second-order valence-electron chi connectivity index (χ2n) is 2.66. The predicted molar refractivity (Wildman–Crippen MR) is 41.7 cm³/mol. The van der Waals surface area contributed by atoms with Crippen LogP contribution < -0.4 is 6.15 Å². The molecule has 0 saturated heterocycles. The summed E-state index contributed by atoms with van der Waals surface area (Å²) in [5, 5.41) is -5.22. The van der Waals surface area contributed by atoms with E-state index in [9.17, 15) is 34.8 Å². The summed E-state index contributed by atoms with van der Waals surface area (Å²) in [6.45, 7) is 0. The molecule has 0 aliphatic rings. The van der Waals surface area contributed by atoms with Gasteiger partial charge in [-0.2, -0.15) is 30.4 Å². The molecule has 0 spiro atoms. The van der Waals surface area contributed by atoms with Crippen LogP contribution in [0.15, 0.2) is 0 Å². The first-order chi connectivity index (χ1) is 6.38. The number of rotatable bonds is 4. The Morgan fingerprint density at radius 1 is 1.12 bits per heavy atom. The first kappa shape index (κ1) is 17.8. The molecule has 0 heterocycles. The molecule has 11 heteroatoms. The van der Waals surface area contributed by atoms with Crippen LogP contribution in [0.3, 0.4) is 0 Å². The van der Waals surface area contributed by atoms with E-state index in [1.54, 1.807) is 0 Å². The number of halogens is 6. The van der Waals surface area contributed by atoms with Gasteiger partial charge in [-0.05, 0) is 6.42 Å². The molecule has 0 amide bonds. The van der Waals surface area contributed by atoms with Gasteiger partial charge in [-0.15, -0.1) is 0 Å². The summed E-state index contributed by atoms with van der Waals surface area (Å²) in [6, 6.07) is 0. The van der Waals surface area contributed by atoms with Gasteiger partial charge in [0.2, 0.25) is 0 Å². The fourth-order valence-electron chi connectivity index (χ4n) is 0.620. The molecule has 0 rings (SSSR count). The molecule has 0 radical (unpaired) electrons. The van der Waals surface area contributed by atoms with E-state index in [2.05, 4.69) is 0 Å². The topological polar surface area (TPSA) is 89.4 Å². The Kier molecular flexibility index (Phi) is 5.78. The smallest absolute Gasteiger partial charge is 0.344 e. The van der Waals surface area contributed by atoms with E-state index in [1.165, 1.54) is 0 Å². The zero-order valence-electron chi connectivity index (χ0n) is 7.64. The van der Waals surface area contributed by atoms with E-state index in [1.807, 2.05) is 0 Å². The molecule has 0 aromatic heterocycles. The number of alkyl halides is 6. The van der Waals surface area contributed by atoms with Gasteiger partial charge in [0.1, 0.15) is 0 Å². The van der Waals surface area contributed by atoms with Gasteiger partial charge in [0, 0.05) is 6.42 Å². The molecule has 0 aromatic carbocycles. The predicted octanol–water partition coefficient (Wildman–Crippen LogP) is 2.31. The van der Waals surface area contributed by atoms with Crippen LogP contribution in [-0.4, -0.2) is 30.6 Å². The summed E-state index contributed by atoms with van der Waals surface area (Å²) in [6.07, 6.45) is -12.1. The largest absolute Gasteiger partial charge is 0.400 e. The molecule has 4 nitrogen and oxygen atoms in total. The van der Waals surface area contributed by atoms with Crippen molar-refractivity contribution in [3.05, 3.63) is 0 Å². The third kappa shape index (κ3) is 4.99. The highest BCUT2D eigenvalue weighted by atomic mass is 32.2. The van der Waals surface area contributed by atoms with Gasteiger partial charge >= 0.3 is 21.5 Å². The highest BCUT2D eigenvalue weighted by Crippen LogP contribution is 2.33. The van der Waals surface area contributed by atoms with E-state index in [0.717, 1.165) is 0 Å². The summed E-state index contributed by atoms with van der Waals surface area (Å²) in [5.41, 5.74) is 0. The van der Waals surface area contributed by atoms with E-state index >= 15 is 0 Å². The molecule has 100 valence electrons. The van der Waals surface area contributed by atoms with Gasteiger partial charge in [0.25, 0.3) is 0 Å². The lowest BCUT2D eigenvalue weighted by molar-refractivity contribution is -0.142. The average Bonchev–Trinajstić information content (AvgIpc) is 1.96. The van der Waals surface area contributed by atoms with Crippen molar-refractivity contribution in [2.24, 2.45) is 0 Å². The van der Waals surface area contributed by atoms with Crippen molar-refractivity contribution in [2.75, 3.05) is 0 Å². The van der Waals surface area contributed by atoms with Crippen LogP contribution in [0.25, 0.3) is 0 Å². The molecule has 0 aliphatic carbocycles. The second-order valence-corrected chi connectivity index (χ2v) is 4.15. The van der Waals surface area contributed by atoms with E-state index in [-0.39, 0.29) is 6.15 Å². The zero-order chi connectivity index (χ0) is 12.5. The molecule has 0 fully saturated rings. The van der Waals surface area contributed by atoms with Crippen molar-refractivity contribution in [3.8, 4) is 0 Å². The maximum atomic E-state index is 12.4. The van der Waals surface area contributed by atoms with Crippen molar-refractivity contribution in [1.29, 1.82) is 0 Å². The minimum Gasteiger partial charge on any atom is -0.344 e. The minimum absolute atomic E-state index is 0. The SMILES string of the molecule is N.O=S(=O)(O)C(F)(F)C(F)CCC(F)(F)F. The maximum absolute atomic E-state index is 12.4. The first-order valence-corrected chi connectivity index (χ1v) is 4.87. The van der Waals surface area contributed by atoms with Gasteiger partial charge in [0.15, 0.2) is 6.17 Å². The summed E-state index contributed by atoms with van der Waals surface area (Å²) >= 11 is 0. The van der Waals surface area contributed by atoms with Gasteiger partial charge in [-0.1, -0.05) is 0 Å². The van der Waals surface area contributed by atoms with Crippen molar-refractivity contribution in [3.63, 3.8) is 0 Å². The molecule has 0 saturated carbocycles. The minimum atomic E-state index is -6.04. The summed E-state index contributed by atoms with van der Waals surface area (Å²) in [7, 11) is -6.04. The fraction of sp³-hybridized carbons (Fsp3) is 1.00. The lowest BCUT2D eigenvalue weighted by Gasteiger charge is -2.17. The molecule has 0 aliphatic heterocycles. The third-order valence-corrected chi connectivity index (χ3v) is 2.33. The van der Waals surface area contributed by atoms with Crippen LogP contribution >= 0.6 is 0 Å². The van der Waals surface area contributed by atoms with Crippen LogP contribution in [0.1, 0.15) is 12.8 Å². The van der Waals surface area contributed by atoms with Gasteiger partial charge in [-0.25, -0.2) is 4.39 Å². The van der Waals surface area contributed by atoms with Crippen LogP contribution in [0.5, 0.6) is 0 Å². The Bertz CT molecular complexity index is 313. The average molecular weight is 277 g/mol. The molecular weight excluding hydrogens is 268 g/mol. The Morgan fingerprint density at radius 2 is 1.50 bits per heavy atom. The zero-order valence-corrected chi connectivity index (χ0v) is 8.45. The van der Waals surface area contributed by atoms with Crippen LogP contribution in [0.2, 0.25) is 0 Å². The van der Waals surface area contributed by atoms with Gasteiger partial charge in [0.05, 0.1) is 0 Å². The van der Waals surface area contributed by atoms with E-state index in [4.69, 9.17) is 4.55 Å². The first-order valence-electron chi connectivity index (χ1n) is 3.43. The highest BCUT2D eigenvalue weighted by Gasteiger charge is 2.53. The number of hydrogen-bond donors (Lipinski definition) is 2. The van der Waals surface area contributed by atoms with Gasteiger partial charge < -0.3 is 6.15 Å². The highest BCUT2D eigenvalue weighted by molar-refractivity contribution is 7.86. The van der Waals surface area contributed by atoms with Crippen LogP contribution in [-0.2, 0) is 10.1 Å². The number of hydrogen-bond acceptors (Lipinski definition) is 3. The maximum Gasteiger partial charge on any atom is 0.400 e. The summed E-state index contributed by atoms with van der Waals surface area (Å²) < 4.78 is 99.1. The molecule has 0 bridgehead atoms. The molecule has 1 atom stereocenters. The van der Waals surface area contributed by atoms with E-state index in [0.29, 0.717) is 0 Å². The third-order valence-electron chi connectivity index (χ3n) is 1.39. The fourth-order valence-corrected chi connectivity index (χ4v) is 1.06. The second kappa shape index (κ2) is 5.19. The monoisotopic (exact) mass is 277 g/mol. The Balaban J connectivity index is 0. The van der Waals surface area contributed by atoms with E-state index < -0.39 is 40.6 Å². The Hall–Kier alpha value is -0.550. The van der Waals surface area contributed by atoms with Gasteiger partial charge in [-0.3, -0.25) is 4.55 Å². The summed E-state index contributed by atoms with van der Waals surface area (Å²) in [5.74, 6) is 0. The van der Waals surface area contributed by atoms with Crippen molar-refractivity contribution in [2.45, 2.75) is 30.4 Å². The Labute approximate surface area is 87.0 Å². The quantitative estimate of drug-likeness (QED) is 0.609. The standard InChI is InChI=1S/C5H6F6O3S.H3N/c6-3(1-2-4(7,8)9)5(10,11)15(12,13)14;/h3H,1-2H2,(H,12,13,14);1H3. The lowest BCUT2D eigenvalue weighted by atomic mass is 10.2. The molecule has 4 N–H and O–H groups in total. The van der Waals surface area contributed by atoms with Crippen molar-refractivity contribution < 1.29 is 39.3 Å². The van der Waals surface area contributed by atoms with Crippen LogP contribution in [0.4, 0.5) is 26.3 Å². The summed E-state index contributed by atoms with van der Waals surface area (Å²) in [4.78, 5) is 0. The molecule has 16 heavy (non-hydrogen) atoms. The molecule has 1 unspecified atom stereocenters. The van der Waals surface area contributed by atoms with Crippen molar-refractivity contribution >= 4 is 10.1 Å². The van der Waals surface area contributed by atoms with Crippen molar-refractivity contribution in [1.82, 2.24) is 6.15 Å². The van der Waals surface area contributed by atoms with Crippen LogP contribution in [0, 0.1) is 0 Å². The molecule has 0 aromatic rings.